The maximum absolute atomic E-state index is 13.4. The number of hydrogen-bond donors (Lipinski definition) is 0. The molecule has 6 nitrogen and oxygen atoms in total. The van der Waals surface area contributed by atoms with E-state index in [4.69, 9.17) is 9.72 Å². The van der Waals surface area contributed by atoms with E-state index in [0.717, 1.165) is 40.8 Å². The molecule has 1 aromatic carbocycles. The zero-order valence-electron chi connectivity index (χ0n) is 19.3. The number of thiophene rings is 1. The molecule has 3 aromatic rings. The van der Waals surface area contributed by atoms with Gasteiger partial charge in [-0.1, -0.05) is 43.0 Å². The second-order valence-corrected chi connectivity index (χ2v) is 10.5. The molecule has 0 saturated heterocycles. The second-order valence-electron chi connectivity index (χ2n) is 8.48. The average molecular weight is 484 g/mol. The van der Waals surface area contributed by atoms with Crippen LogP contribution in [0.15, 0.2) is 46.9 Å². The molecule has 1 aliphatic carbocycles. The first kappa shape index (κ1) is 23.6. The summed E-state index contributed by atoms with van der Waals surface area (Å²) in [4.78, 5) is 34.8. The molecule has 2 heterocycles. The lowest BCUT2D eigenvalue weighted by Gasteiger charge is -2.19. The Labute approximate surface area is 202 Å². The van der Waals surface area contributed by atoms with Crippen LogP contribution in [-0.4, -0.2) is 40.3 Å². The van der Waals surface area contributed by atoms with Crippen molar-refractivity contribution in [3.8, 4) is 5.75 Å². The van der Waals surface area contributed by atoms with Crippen LogP contribution < -0.4 is 10.3 Å². The summed E-state index contributed by atoms with van der Waals surface area (Å²) in [6, 6.07) is 7.67. The van der Waals surface area contributed by atoms with Gasteiger partial charge in [-0.3, -0.25) is 14.2 Å². The first-order valence-electron chi connectivity index (χ1n) is 11.1. The summed E-state index contributed by atoms with van der Waals surface area (Å²) in [7, 11) is 3.40. The van der Waals surface area contributed by atoms with E-state index in [-0.39, 0.29) is 17.2 Å². The molecule has 2 aromatic heterocycles. The molecule has 1 amide bonds. The Morgan fingerprint density at radius 2 is 2.21 bits per heavy atom. The maximum Gasteiger partial charge on any atom is 0.263 e. The summed E-state index contributed by atoms with van der Waals surface area (Å²) in [5.74, 6) is 1.55. The quantitative estimate of drug-likeness (QED) is 0.268. The monoisotopic (exact) mass is 483 g/mol. The van der Waals surface area contributed by atoms with Crippen LogP contribution in [0.25, 0.3) is 10.2 Å². The Morgan fingerprint density at radius 1 is 1.42 bits per heavy atom. The highest BCUT2D eigenvalue weighted by molar-refractivity contribution is 7.99. The number of benzene rings is 1. The molecule has 0 bridgehead atoms. The molecule has 1 atom stereocenters. The van der Waals surface area contributed by atoms with Crippen molar-refractivity contribution >= 4 is 39.2 Å². The van der Waals surface area contributed by atoms with Crippen LogP contribution in [-0.2, 0) is 30.7 Å². The number of methoxy groups -OCH3 is 1. The number of rotatable bonds is 8. The fourth-order valence-electron chi connectivity index (χ4n) is 4.22. The molecule has 174 valence electrons. The van der Waals surface area contributed by atoms with Crippen LogP contribution in [0.3, 0.4) is 0 Å². The molecule has 0 spiro atoms. The van der Waals surface area contributed by atoms with Crippen molar-refractivity contribution in [2.24, 2.45) is 5.92 Å². The number of para-hydroxylation sites is 1. The first-order valence-corrected chi connectivity index (χ1v) is 12.9. The van der Waals surface area contributed by atoms with Crippen LogP contribution >= 0.6 is 23.1 Å². The van der Waals surface area contributed by atoms with Gasteiger partial charge < -0.3 is 9.64 Å². The van der Waals surface area contributed by atoms with E-state index in [1.165, 1.54) is 22.2 Å². The van der Waals surface area contributed by atoms with E-state index in [2.05, 4.69) is 13.5 Å². The van der Waals surface area contributed by atoms with Crippen molar-refractivity contribution in [2.75, 3.05) is 19.9 Å². The molecule has 1 aliphatic rings. The van der Waals surface area contributed by atoms with Crippen LogP contribution in [0.1, 0.15) is 29.3 Å². The van der Waals surface area contributed by atoms with E-state index in [1.807, 2.05) is 24.3 Å². The number of fused-ring (bicyclic) bond motifs is 3. The second kappa shape index (κ2) is 10.1. The van der Waals surface area contributed by atoms with Crippen molar-refractivity contribution in [3.63, 3.8) is 0 Å². The Hall–Kier alpha value is -2.58. The van der Waals surface area contributed by atoms with Crippen molar-refractivity contribution in [1.29, 1.82) is 0 Å². The minimum absolute atomic E-state index is 0.0238. The highest BCUT2D eigenvalue weighted by atomic mass is 32.2. The lowest BCUT2D eigenvalue weighted by molar-refractivity contribution is -0.127. The third-order valence-electron chi connectivity index (χ3n) is 6.04. The number of thioether (sulfide) groups is 1. The van der Waals surface area contributed by atoms with E-state index >= 15 is 0 Å². The van der Waals surface area contributed by atoms with Gasteiger partial charge in [0.1, 0.15) is 10.6 Å². The SMILES string of the molecule is C=CCn1c(SCC(=O)N(C)Cc2ccccc2OC)nc2sc3c(c2c1=O)CCC(C)C3. The van der Waals surface area contributed by atoms with Gasteiger partial charge in [0.05, 0.1) is 18.2 Å². The van der Waals surface area contributed by atoms with Crippen LogP contribution in [0.5, 0.6) is 5.75 Å². The average Bonchev–Trinajstić information content (AvgIpc) is 3.17. The van der Waals surface area contributed by atoms with Gasteiger partial charge in [0.15, 0.2) is 5.16 Å². The molecule has 0 radical (unpaired) electrons. The highest BCUT2D eigenvalue weighted by Crippen LogP contribution is 2.36. The fourth-order valence-corrected chi connectivity index (χ4v) is 6.59. The predicted octanol–water partition coefficient (Wildman–Crippen LogP) is 4.53. The molecule has 33 heavy (non-hydrogen) atoms. The first-order chi connectivity index (χ1) is 15.9. The Bertz CT molecular complexity index is 1250. The van der Waals surface area contributed by atoms with Gasteiger partial charge in [-0.25, -0.2) is 4.98 Å². The highest BCUT2D eigenvalue weighted by Gasteiger charge is 2.25. The molecule has 4 rings (SSSR count). The van der Waals surface area contributed by atoms with Gasteiger partial charge in [-0.15, -0.1) is 17.9 Å². The number of ether oxygens (including phenoxy) is 1. The number of allylic oxidation sites excluding steroid dienone is 1. The summed E-state index contributed by atoms with van der Waals surface area (Å²) >= 11 is 2.94. The van der Waals surface area contributed by atoms with E-state index in [0.29, 0.717) is 24.2 Å². The molecule has 0 fully saturated rings. The van der Waals surface area contributed by atoms with Gasteiger partial charge in [0, 0.05) is 30.6 Å². The molecular weight excluding hydrogens is 454 g/mol. The van der Waals surface area contributed by atoms with Crippen LogP contribution in [0.2, 0.25) is 0 Å². The Balaban J connectivity index is 1.56. The number of aromatic nitrogens is 2. The lowest BCUT2D eigenvalue weighted by Crippen LogP contribution is -2.29. The molecule has 8 heteroatoms. The van der Waals surface area contributed by atoms with Gasteiger partial charge in [0.25, 0.3) is 5.56 Å². The molecule has 0 N–H and O–H groups in total. The van der Waals surface area contributed by atoms with Crippen LogP contribution in [0.4, 0.5) is 0 Å². The normalized spacial score (nSPS) is 15.3. The number of hydrogen-bond acceptors (Lipinski definition) is 6. The maximum atomic E-state index is 13.4. The molecule has 1 unspecified atom stereocenters. The fraction of sp³-hybridized carbons (Fsp3) is 0.400. The van der Waals surface area contributed by atoms with Gasteiger partial charge >= 0.3 is 0 Å². The summed E-state index contributed by atoms with van der Waals surface area (Å²) in [5, 5.41) is 1.32. The van der Waals surface area contributed by atoms with E-state index in [9.17, 15) is 9.59 Å². The van der Waals surface area contributed by atoms with Gasteiger partial charge in [-0.2, -0.15) is 0 Å². The van der Waals surface area contributed by atoms with E-state index < -0.39 is 0 Å². The summed E-state index contributed by atoms with van der Waals surface area (Å²) < 4.78 is 7.04. The third-order valence-corrected chi connectivity index (χ3v) is 8.15. The standard InChI is InChI=1S/C25H29N3O3S2/c1-5-12-28-24(30)22-18-11-10-16(2)13-20(18)33-23(22)26-25(28)32-15-21(29)27(3)14-17-8-6-7-9-19(17)31-4/h5-9,16H,1,10-15H2,2-4H3. The Kier molecular flexibility index (Phi) is 7.24. The van der Waals surface area contributed by atoms with E-state index in [1.54, 1.807) is 41.0 Å². The summed E-state index contributed by atoms with van der Waals surface area (Å²) in [6.45, 7) is 6.88. The smallest absolute Gasteiger partial charge is 0.263 e. The number of amides is 1. The number of carbonyl (C=O) groups is 1. The number of aryl methyl sites for hydroxylation is 1. The largest absolute Gasteiger partial charge is 0.496 e. The van der Waals surface area contributed by atoms with Crippen LogP contribution in [0, 0.1) is 5.92 Å². The predicted molar refractivity (Wildman–Crippen MR) is 135 cm³/mol. The van der Waals surface area contributed by atoms with Gasteiger partial charge in [-0.05, 0) is 36.8 Å². The van der Waals surface area contributed by atoms with Crippen molar-refractivity contribution < 1.29 is 9.53 Å². The number of carbonyl (C=O) groups excluding carboxylic acids is 1. The lowest BCUT2D eigenvalue weighted by atomic mass is 9.89. The molecule has 0 saturated carbocycles. The van der Waals surface area contributed by atoms with Gasteiger partial charge in [0.2, 0.25) is 5.91 Å². The summed E-state index contributed by atoms with van der Waals surface area (Å²) in [6.07, 6.45) is 4.74. The minimum Gasteiger partial charge on any atom is -0.496 e. The summed E-state index contributed by atoms with van der Waals surface area (Å²) in [5.41, 5.74) is 2.10. The minimum atomic E-state index is -0.0373. The molecule has 0 aliphatic heterocycles. The third kappa shape index (κ3) is 4.87. The van der Waals surface area contributed by atoms with Crippen molar-refractivity contribution in [1.82, 2.24) is 14.5 Å². The Morgan fingerprint density at radius 3 is 2.97 bits per heavy atom. The number of nitrogens with zero attached hydrogens (tertiary/aromatic N) is 3. The van der Waals surface area contributed by atoms with Crippen molar-refractivity contribution in [2.45, 2.75) is 44.4 Å². The van der Waals surface area contributed by atoms with Crippen molar-refractivity contribution in [3.05, 3.63) is 63.3 Å². The molecular formula is C25H29N3O3S2. The zero-order valence-corrected chi connectivity index (χ0v) is 20.9. The topological polar surface area (TPSA) is 64.4 Å². The zero-order chi connectivity index (χ0) is 23.5.